The van der Waals surface area contributed by atoms with Crippen LogP contribution in [-0.2, 0) is 10.0 Å². The van der Waals surface area contributed by atoms with E-state index >= 15 is 0 Å². The number of benzene rings is 1. The van der Waals surface area contributed by atoms with E-state index in [4.69, 9.17) is 0 Å². The first-order valence-electron chi connectivity index (χ1n) is 5.10. The zero-order chi connectivity index (χ0) is 12.9. The molecule has 0 aliphatic carbocycles. The summed E-state index contributed by atoms with van der Waals surface area (Å²) in [5, 5.41) is 3.15. The van der Waals surface area contributed by atoms with Gasteiger partial charge in [0.2, 0.25) is 10.0 Å². The summed E-state index contributed by atoms with van der Waals surface area (Å²) in [6.07, 6.45) is 0. The molecule has 0 aromatic heterocycles. The lowest BCUT2D eigenvalue weighted by Crippen LogP contribution is -2.21. The molecular weight excluding hydrogens is 258 g/mol. The first-order valence-corrected chi connectivity index (χ1v) is 7.03. The Labute approximate surface area is 108 Å². The minimum Gasteiger partial charge on any atom is -0.384 e. The van der Waals surface area contributed by atoms with Crippen molar-refractivity contribution in [2.45, 2.75) is 4.90 Å². The monoisotopic (exact) mass is 275 g/mol. The average molecular weight is 275 g/mol. The van der Waals surface area contributed by atoms with Gasteiger partial charge in [0, 0.05) is 18.8 Å². The van der Waals surface area contributed by atoms with E-state index in [1.807, 2.05) is 29.2 Å². The van der Waals surface area contributed by atoms with Crippen LogP contribution < -0.4 is 9.44 Å². The molecule has 0 bridgehead atoms. The number of anilines is 1. The highest BCUT2D eigenvalue weighted by Crippen LogP contribution is 2.15. The Morgan fingerprint density at radius 3 is 2.65 bits per heavy atom. The van der Waals surface area contributed by atoms with Gasteiger partial charge in [-0.15, -0.1) is 0 Å². The molecule has 1 aromatic carbocycles. The zero-order valence-electron chi connectivity index (χ0n) is 9.84. The first-order chi connectivity index (χ1) is 7.95. The van der Waals surface area contributed by atoms with Gasteiger partial charge < -0.3 is 10.2 Å². The number of sulfonamides is 1. The van der Waals surface area contributed by atoms with Crippen molar-refractivity contribution in [1.82, 2.24) is 9.03 Å². The third-order valence-corrected chi connectivity index (χ3v) is 3.99. The van der Waals surface area contributed by atoms with Crippen LogP contribution in [-0.4, -0.2) is 40.5 Å². The van der Waals surface area contributed by atoms with Gasteiger partial charge in [0.05, 0.1) is 4.90 Å². The lowest BCUT2D eigenvalue weighted by molar-refractivity contribution is 0.425. The lowest BCUT2D eigenvalue weighted by atomic mass is 10.3. The Kier molecular flexibility index (Phi) is 5.26. The van der Waals surface area contributed by atoms with Crippen molar-refractivity contribution in [3.8, 4) is 0 Å². The zero-order valence-corrected chi connectivity index (χ0v) is 11.6. The van der Waals surface area contributed by atoms with E-state index in [9.17, 15) is 8.42 Å². The highest BCUT2D eigenvalue weighted by Gasteiger charge is 2.11. The van der Waals surface area contributed by atoms with Crippen molar-refractivity contribution in [1.29, 1.82) is 0 Å². The fourth-order valence-corrected chi connectivity index (χ4v) is 2.21. The normalized spacial score (nSPS) is 11.8. The van der Waals surface area contributed by atoms with Crippen LogP contribution in [0.1, 0.15) is 0 Å². The average Bonchev–Trinajstić information content (AvgIpc) is 2.29. The summed E-state index contributed by atoms with van der Waals surface area (Å²) in [5.74, 6) is 0. The van der Waals surface area contributed by atoms with Crippen molar-refractivity contribution in [3.05, 3.63) is 24.3 Å². The van der Waals surface area contributed by atoms with E-state index in [0.29, 0.717) is 0 Å². The summed E-state index contributed by atoms with van der Waals surface area (Å²) in [6.45, 7) is 1.63. The second kappa shape index (κ2) is 6.25. The Morgan fingerprint density at radius 2 is 2.06 bits per heavy atom. The van der Waals surface area contributed by atoms with Crippen LogP contribution in [0.4, 0.5) is 5.69 Å². The molecule has 0 fully saturated rings. The predicted octanol–water partition coefficient (Wildman–Crippen LogP) is 0.783. The summed E-state index contributed by atoms with van der Waals surface area (Å²) in [4.78, 5) is 2.24. The highest BCUT2D eigenvalue weighted by atomic mass is 32.3. The van der Waals surface area contributed by atoms with Crippen LogP contribution in [0, 0.1) is 0 Å². The Bertz CT molecular complexity index is 460. The third-order valence-electron chi connectivity index (χ3n) is 2.15. The molecule has 0 saturated carbocycles. The van der Waals surface area contributed by atoms with Gasteiger partial charge in [-0.2, -0.15) is 4.13 Å². The van der Waals surface area contributed by atoms with Crippen LogP contribution in [0.3, 0.4) is 0 Å². The van der Waals surface area contributed by atoms with Gasteiger partial charge in [0.25, 0.3) is 0 Å². The summed E-state index contributed by atoms with van der Waals surface area (Å²) in [6, 6.07) is 6.62. The number of nitrogens with zero attached hydrogens (tertiary/aromatic N) is 1. The van der Waals surface area contributed by atoms with Crippen molar-refractivity contribution in [3.63, 3.8) is 0 Å². The second-order valence-electron chi connectivity index (χ2n) is 3.85. The Morgan fingerprint density at radius 1 is 1.35 bits per heavy atom. The molecule has 0 aliphatic heterocycles. The first kappa shape index (κ1) is 14.3. The summed E-state index contributed by atoms with van der Waals surface area (Å²) in [5.41, 5.74) is 0.775. The Balaban J connectivity index is 2.73. The number of thiol groups is 1. The second-order valence-corrected chi connectivity index (χ2v) is 6.06. The number of rotatable bonds is 6. The van der Waals surface area contributed by atoms with Gasteiger partial charge in [-0.1, -0.05) is 18.9 Å². The molecule has 7 heteroatoms. The van der Waals surface area contributed by atoms with Gasteiger partial charge >= 0.3 is 0 Å². The van der Waals surface area contributed by atoms with Gasteiger partial charge in [-0.05, 0) is 32.3 Å². The molecule has 0 heterocycles. The fourth-order valence-electron chi connectivity index (χ4n) is 1.25. The summed E-state index contributed by atoms with van der Waals surface area (Å²) < 4.78 is 25.0. The summed E-state index contributed by atoms with van der Waals surface area (Å²) in [7, 11) is 0.461. The number of hydrogen-bond donors (Lipinski definition) is 3. The van der Waals surface area contributed by atoms with E-state index in [1.165, 1.54) is 6.07 Å². The van der Waals surface area contributed by atoms with Gasteiger partial charge in [0.1, 0.15) is 0 Å². The molecular formula is C10H17N3O2S2. The molecule has 0 unspecified atom stereocenters. The fraction of sp³-hybridized carbons (Fsp3) is 0.400. The molecule has 0 radical (unpaired) electrons. The van der Waals surface area contributed by atoms with E-state index in [2.05, 4.69) is 18.1 Å². The maximum absolute atomic E-state index is 11.5. The smallest absolute Gasteiger partial charge is 0.249 e. The van der Waals surface area contributed by atoms with E-state index in [-0.39, 0.29) is 4.90 Å². The van der Waals surface area contributed by atoms with Gasteiger partial charge in [-0.3, -0.25) is 0 Å². The lowest BCUT2D eigenvalue weighted by Gasteiger charge is -2.12. The van der Waals surface area contributed by atoms with Crippen LogP contribution in [0.15, 0.2) is 29.2 Å². The molecule has 17 heavy (non-hydrogen) atoms. The quantitative estimate of drug-likeness (QED) is 0.672. The molecule has 5 nitrogen and oxygen atoms in total. The van der Waals surface area contributed by atoms with E-state index in [1.54, 1.807) is 12.1 Å². The summed E-state index contributed by atoms with van der Waals surface area (Å²) >= 11 is 3.58. The molecule has 0 atom stereocenters. The molecule has 2 N–H and O–H groups in total. The largest absolute Gasteiger partial charge is 0.384 e. The highest BCUT2D eigenvalue weighted by molar-refractivity contribution is 8.00. The van der Waals surface area contributed by atoms with Crippen LogP contribution in [0.25, 0.3) is 0 Å². The molecule has 1 aromatic rings. The molecule has 96 valence electrons. The van der Waals surface area contributed by atoms with Crippen LogP contribution >= 0.6 is 12.8 Å². The molecule has 0 amide bonds. The maximum Gasteiger partial charge on any atom is 0.249 e. The predicted molar refractivity (Wildman–Crippen MR) is 72.8 cm³/mol. The van der Waals surface area contributed by atoms with Crippen molar-refractivity contribution < 1.29 is 8.42 Å². The maximum atomic E-state index is 11.5. The van der Waals surface area contributed by atoms with E-state index in [0.717, 1.165) is 18.8 Å². The topological polar surface area (TPSA) is 61.4 Å². The van der Waals surface area contributed by atoms with Gasteiger partial charge in [-0.25, -0.2) is 8.42 Å². The minimum atomic E-state index is -3.50. The van der Waals surface area contributed by atoms with Crippen molar-refractivity contribution in [2.75, 3.05) is 32.5 Å². The molecule has 0 spiro atoms. The van der Waals surface area contributed by atoms with Crippen molar-refractivity contribution in [2.24, 2.45) is 0 Å². The molecule has 0 saturated heterocycles. The van der Waals surface area contributed by atoms with Crippen molar-refractivity contribution >= 4 is 28.5 Å². The standard InChI is InChI=1S/C10H17N3O2S2/c1-13(2)7-6-11-9-4-3-5-10(8-9)17(14,15)12-16/h3-5,8,11-12,16H,6-7H2,1-2H3. The SMILES string of the molecule is CN(C)CCNc1cccc(S(=O)(=O)NS)c1. The molecule has 0 aliphatic rings. The minimum absolute atomic E-state index is 0.197. The number of nitrogens with one attached hydrogen (secondary N) is 2. The Hall–Kier alpha value is -0.760. The number of likely N-dealkylation sites (N-methyl/N-ethyl adjacent to an activating group) is 1. The molecule has 1 rings (SSSR count). The van der Waals surface area contributed by atoms with Crippen LogP contribution in [0.2, 0.25) is 0 Å². The third kappa shape index (κ3) is 4.55. The number of hydrogen-bond acceptors (Lipinski definition) is 5. The van der Waals surface area contributed by atoms with E-state index < -0.39 is 10.0 Å². The van der Waals surface area contributed by atoms with Crippen LogP contribution in [0.5, 0.6) is 0 Å². The van der Waals surface area contributed by atoms with Gasteiger partial charge in [0.15, 0.2) is 0 Å².